The zero-order valence-electron chi connectivity index (χ0n) is 16.9. The molecular formula is C23H31ClN2O2S. The number of amides is 1. The number of carbonyl (C=O) groups is 1. The van der Waals surface area contributed by atoms with Crippen LogP contribution in [-0.4, -0.2) is 23.2 Å². The molecule has 4 nitrogen and oxygen atoms in total. The van der Waals surface area contributed by atoms with E-state index in [9.17, 15) is 9.00 Å². The van der Waals surface area contributed by atoms with Crippen LogP contribution >= 0.6 is 12.4 Å². The van der Waals surface area contributed by atoms with Crippen molar-refractivity contribution in [2.45, 2.75) is 37.7 Å². The number of carbonyl (C=O) groups excluding carboxylic acids is 1. The van der Waals surface area contributed by atoms with Crippen molar-refractivity contribution in [2.75, 3.05) is 18.4 Å². The van der Waals surface area contributed by atoms with E-state index in [-0.39, 0.29) is 18.3 Å². The first-order valence-corrected chi connectivity index (χ1v) is 11.6. The van der Waals surface area contributed by atoms with Crippen LogP contribution in [0.25, 0.3) is 0 Å². The van der Waals surface area contributed by atoms with Crippen LogP contribution in [0.4, 0.5) is 5.69 Å². The van der Waals surface area contributed by atoms with Crippen molar-refractivity contribution >= 4 is 34.8 Å². The molecule has 1 amide bonds. The van der Waals surface area contributed by atoms with Crippen molar-refractivity contribution in [2.24, 2.45) is 11.8 Å². The molecule has 0 spiro atoms. The molecule has 1 fully saturated rings. The van der Waals surface area contributed by atoms with E-state index in [0.717, 1.165) is 42.7 Å². The van der Waals surface area contributed by atoms with E-state index in [1.165, 1.54) is 0 Å². The number of hydrogen-bond acceptors (Lipinski definition) is 3. The van der Waals surface area contributed by atoms with E-state index in [1.54, 1.807) is 0 Å². The summed E-state index contributed by atoms with van der Waals surface area (Å²) in [6.07, 6.45) is 2.85. The molecule has 1 heterocycles. The largest absolute Gasteiger partial charge is 0.326 e. The van der Waals surface area contributed by atoms with E-state index >= 15 is 0 Å². The Morgan fingerprint density at radius 1 is 1.07 bits per heavy atom. The van der Waals surface area contributed by atoms with Gasteiger partial charge in [0.25, 0.3) is 0 Å². The third-order valence-electron chi connectivity index (χ3n) is 5.40. The first-order chi connectivity index (χ1) is 13.6. The van der Waals surface area contributed by atoms with E-state index in [4.69, 9.17) is 0 Å². The molecular weight excluding hydrogens is 404 g/mol. The second-order valence-corrected chi connectivity index (χ2v) is 9.19. The molecule has 0 bridgehead atoms. The Morgan fingerprint density at radius 3 is 2.45 bits per heavy atom. The maximum absolute atomic E-state index is 12.5. The predicted molar refractivity (Wildman–Crippen MR) is 124 cm³/mol. The van der Waals surface area contributed by atoms with Gasteiger partial charge in [0.2, 0.25) is 5.91 Å². The molecule has 0 radical (unpaired) electrons. The Balaban J connectivity index is 0.00000300. The minimum absolute atomic E-state index is 0. The lowest BCUT2D eigenvalue weighted by atomic mass is 9.84. The van der Waals surface area contributed by atoms with Gasteiger partial charge in [-0.15, -0.1) is 12.4 Å². The van der Waals surface area contributed by atoms with Gasteiger partial charge in [0, 0.05) is 34.4 Å². The molecule has 6 heteroatoms. The average Bonchev–Trinajstić information content (AvgIpc) is 2.69. The molecule has 2 N–H and O–H groups in total. The summed E-state index contributed by atoms with van der Waals surface area (Å²) in [5, 5.41) is 6.40. The van der Waals surface area contributed by atoms with Gasteiger partial charge in [-0.25, -0.2) is 0 Å². The van der Waals surface area contributed by atoms with Crippen LogP contribution in [0.2, 0.25) is 0 Å². The zero-order valence-corrected chi connectivity index (χ0v) is 18.6. The topological polar surface area (TPSA) is 58.2 Å². The quantitative estimate of drug-likeness (QED) is 0.642. The first-order valence-electron chi connectivity index (χ1n) is 10.1. The van der Waals surface area contributed by atoms with E-state index in [1.807, 2.05) is 54.6 Å². The van der Waals surface area contributed by atoms with Gasteiger partial charge < -0.3 is 10.6 Å². The van der Waals surface area contributed by atoms with Crippen LogP contribution in [-0.2, 0) is 27.1 Å². The summed E-state index contributed by atoms with van der Waals surface area (Å²) in [7, 11) is -0.974. The lowest BCUT2D eigenvalue weighted by Crippen LogP contribution is -2.32. The molecule has 1 aliphatic rings. The number of hydrogen-bond donors (Lipinski definition) is 2. The van der Waals surface area contributed by atoms with Gasteiger partial charge in [-0.3, -0.25) is 9.00 Å². The molecule has 0 saturated carbocycles. The maximum atomic E-state index is 12.5. The normalized spacial score (nSPS) is 16.4. The van der Waals surface area contributed by atoms with Crippen molar-refractivity contribution in [3.63, 3.8) is 0 Å². The number of nitrogens with one attached hydrogen (secondary N) is 2. The third kappa shape index (κ3) is 7.92. The summed E-state index contributed by atoms with van der Waals surface area (Å²) >= 11 is 0. The molecule has 2 aromatic carbocycles. The highest BCUT2D eigenvalue weighted by atomic mass is 35.5. The third-order valence-corrected chi connectivity index (χ3v) is 6.72. The molecule has 0 aliphatic carbocycles. The lowest BCUT2D eigenvalue weighted by molar-refractivity contribution is -0.117. The van der Waals surface area contributed by atoms with Crippen molar-refractivity contribution < 1.29 is 9.00 Å². The van der Waals surface area contributed by atoms with Crippen LogP contribution in [0.15, 0.2) is 54.6 Å². The summed E-state index contributed by atoms with van der Waals surface area (Å²) in [5.74, 6) is 2.12. The monoisotopic (exact) mass is 434 g/mol. The summed E-state index contributed by atoms with van der Waals surface area (Å²) < 4.78 is 12.5. The predicted octanol–water partition coefficient (Wildman–Crippen LogP) is 4.52. The van der Waals surface area contributed by atoms with Gasteiger partial charge in [-0.05, 0) is 61.0 Å². The van der Waals surface area contributed by atoms with Crippen molar-refractivity contribution in [3.05, 3.63) is 65.7 Å². The summed E-state index contributed by atoms with van der Waals surface area (Å²) in [6.45, 7) is 4.29. The highest BCUT2D eigenvalue weighted by molar-refractivity contribution is 7.83. The smallest absolute Gasteiger partial charge is 0.224 e. The second-order valence-electron chi connectivity index (χ2n) is 7.73. The summed E-state index contributed by atoms with van der Waals surface area (Å²) in [6, 6.07) is 17.6. The molecule has 3 rings (SSSR count). The number of piperidine rings is 1. The van der Waals surface area contributed by atoms with Crippen LogP contribution in [0.1, 0.15) is 37.3 Å². The van der Waals surface area contributed by atoms with Gasteiger partial charge in [0.15, 0.2) is 0 Å². The van der Waals surface area contributed by atoms with Crippen molar-refractivity contribution in [1.29, 1.82) is 0 Å². The van der Waals surface area contributed by atoms with Gasteiger partial charge in [-0.1, -0.05) is 49.4 Å². The molecule has 29 heavy (non-hydrogen) atoms. The number of halogens is 1. The molecule has 1 aliphatic heterocycles. The van der Waals surface area contributed by atoms with Gasteiger partial charge in [-0.2, -0.15) is 0 Å². The molecule has 2 atom stereocenters. The van der Waals surface area contributed by atoms with E-state index in [0.29, 0.717) is 29.8 Å². The van der Waals surface area contributed by atoms with Crippen LogP contribution in [0.3, 0.4) is 0 Å². The Labute approximate surface area is 182 Å². The lowest BCUT2D eigenvalue weighted by Gasteiger charge is -2.27. The minimum atomic E-state index is -0.974. The molecule has 2 unspecified atom stereocenters. The van der Waals surface area contributed by atoms with Crippen LogP contribution in [0, 0.1) is 11.8 Å². The maximum Gasteiger partial charge on any atom is 0.224 e. The SMILES string of the molecule is CC(CC(=O)Nc1cccc(CS(=O)Cc2ccccc2)c1)C1CCNCC1.Cl. The molecule has 0 aromatic heterocycles. The highest BCUT2D eigenvalue weighted by Gasteiger charge is 2.22. The fraction of sp³-hybridized carbons (Fsp3) is 0.435. The Hall–Kier alpha value is -1.69. The fourth-order valence-electron chi connectivity index (χ4n) is 3.82. The van der Waals surface area contributed by atoms with E-state index in [2.05, 4.69) is 17.6 Å². The summed E-state index contributed by atoms with van der Waals surface area (Å²) in [5.41, 5.74) is 2.85. The fourth-order valence-corrected chi connectivity index (χ4v) is 5.04. The molecule has 1 saturated heterocycles. The molecule has 158 valence electrons. The van der Waals surface area contributed by atoms with Gasteiger partial charge >= 0.3 is 0 Å². The summed E-state index contributed by atoms with van der Waals surface area (Å²) in [4.78, 5) is 12.5. The number of anilines is 1. The Kier molecular flexibility index (Phi) is 9.85. The average molecular weight is 435 g/mol. The van der Waals surface area contributed by atoms with Gasteiger partial charge in [0.05, 0.1) is 0 Å². The van der Waals surface area contributed by atoms with Crippen molar-refractivity contribution in [3.8, 4) is 0 Å². The van der Waals surface area contributed by atoms with Crippen molar-refractivity contribution in [1.82, 2.24) is 5.32 Å². The van der Waals surface area contributed by atoms with Crippen LogP contribution < -0.4 is 10.6 Å². The second kappa shape index (κ2) is 12.1. The minimum Gasteiger partial charge on any atom is -0.326 e. The zero-order chi connectivity index (χ0) is 19.8. The van der Waals surface area contributed by atoms with E-state index < -0.39 is 10.8 Å². The first kappa shape index (κ1) is 23.6. The standard InChI is InChI=1S/C23H30N2O2S.ClH/c1-18(21-10-12-24-13-11-21)14-23(26)25-22-9-5-8-20(15-22)17-28(27)16-19-6-3-2-4-7-19;/h2-9,15,18,21,24H,10-14,16-17H2,1H3,(H,25,26);1H. The highest BCUT2D eigenvalue weighted by Crippen LogP contribution is 2.25. The van der Waals surface area contributed by atoms with Gasteiger partial charge in [0.1, 0.15) is 0 Å². The number of benzene rings is 2. The Bertz CT molecular complexity index is 794. The molecule has 2 aromatic rings. The van der Waals surface area contributed by atoms with Crippen LogP contribution in [0.5, 0.6) is 0 Å². The number of rotatable bonds is 8. The Morgan fingerprint density at radius 2 is 1.72 bits per heavy atom.